The smallest absolute Gasteiger partial charge is 0.348 e. The fraction of sp³-hybridized carbons (Fsp3) is 0.238. The minimum absolute atomic E-state index is 0.276. The molecule has 1 aliphatic heterocycles. The van der Waals surface area contributed by atoms with E-state index in [1.165, 1.54) is 0 Å². The molecule has 1 aliphatic rings. The topological polar surface area (TPSA) is 52.6 Å². The molecule has 4 nitrogen and oxygen atoms in total. The molecule has 0 atom stereocenters. The number of ether oxygens (including phenoxy) is 2. The number of hydrogen-bond acceptors (Lipinski definition) is 4. The van der Waals surface area contributed by atoms with Crippen molar-refractivity contribution in [1.82, 2.24) is 0 Å². The van der Waals surface area contributed by atoms with Crippen molar-refractivity contribution in [2.45, 2.75) is 32.5 Å². The quantitative estimate of drug-likeness (QED) is 0.483. The summed E-state index contributed by atoms with van der Waals surface area (Å²) in [6.45, 7) is 7.41. The Hall–Kier alpha value is -2.88. The third kappa shape index (κ3) is 4.57. The van der Waals surface area contributed by atoms with Crippen molar-refractivity contribution in [3.8, 4) is 0 Å². The molecule has 2 aromatic carbocycles. The minimum atomic E-state index is -1.35. The average Bonchev–Trinajstić information content (AvgIpc) is 2.63. The Labute approximate surface area is 148 Å². The molecule has 0 saturated carbocycles. The highest BCUT2D eigenvalue weighted by atomic mass is 16.7. The third-order valence-electron chi connectivity index (χ3n) is 3.68. The first-order valence-electron chi connectivity index (χ1n) is 8.31. The van der Waals surface area contributed by atoms with Crippen molar-refractivity contribution in [2.75, 3.05) is 0 Å². The second-order valence-electron chi connectivity index (χ2n) is 5.49. The Kier molecular flexibility index (Phi) is 6.12. The van der Waals surface area contributed by atoms with Gasteiger partial charge in [0, 0.05) is 0 Å². The lowest BCUT2D eigenvalue weighted by Crippen LogP contribution is -2.49. The van der Waals surface area contributed by atoms with Crippen LogP contribution >= 0.6 is 0 Å². The van der Waals surface area contributed by atoms with Crippen LogP contribution in [0, 0.1) is 0 Å². The van der Waals surface area contributed by atoms with Gasteiger partial charge in [0.1, 0.15) is 5.57 Å². The molecule has 3 rings (SSSR count). The Morgan fingerprint density at radius 1 is 0.760 bits per heavy atom. The number of hydrogen-bond donors (Lipinski definition) is 0. The van der Waals surface area contributed by atoms with E-state index >= 15 is 0 Å². The fourth-order valence-corrected chi connectivity index (χ4v) is 2.59. The van der Waals surface area contributed by atoms with Crippen LogP contribution < -0.4 is 0 Å². The van der Waals surface area contributed by atoms with Crippen molar-refractivity contribution in [3.05, 3.63) is 83.9 Å². The fourth-order valence-electron chi connectivity index (χ4n) is 2.59. The van der Waals surface area contributed by atoms with Gasteiger partial charge >= 0.3 is 11.9 Å². The third-order valence-corrected chi connectivity index (χ3v) is 3.68. The van der Waals surface area contributed by atoms with E-state index in [2.05, 4.69) is 6.58 Å². The molecule has 0 bridgehead atoms. The highest BCUT2D eigenvalue weighted by Crippen LogP contribution is 2.30. The van der Waals surface area contributed by atoms with Crippen molar-refractivity contribution in [3.63, 3.8) is 0 Å². The number of carbonyl (C=O) groups is 2. The van der Waals surface area contributed by atoms with Gasteiger partial charge in [-0.2, -0.15) is 0 Å². The van der Waals surface area contributed by atoms with E-state index in [-0.39, 0.29) is 18.4 Å². The Bertz CT molecular complexity index is 672. The van der Waals surface area contributed by atoms with Crippen LogP contribution in [0.3, 0.4) is 0 Å². The maximum Gasteiger partial charge on any atom is 0.348 e. The van der Waals surface area contributed by atoms with Crippen molar-refractivity contribution in [2.24, 2.45) is 0 Å². The van der Waals surface area contributed by atoms with Gasteiger partial charge in [-0.1, -0.05) is 81.1 Å². The van der Waals surface area contributed by atoms with E-state index in [4.69, 9.17) is 9.47 Å². The lowest BCUT2D eigenvalue weighted by molar-refractivity contribution is -0.234. The van der Waals surface area contributed by atoms with Crippen LogP contribution in [0.15, 0.2) is 72.8 Å². The van der Waals surface area contributed by atoms with Gasteiger partial charge in [-0.05, 0) is 11.1 Å². The average molecular weight is 338 g/mol. The number of cyclic esters (lactones) is 2. The summed E-state index contributed by atoms with van der Waals surface area (Å²) in [5.74, 6) is -2.81. The first kappa shape index (κ1) is 18.5. The van der Waals surface area contributed by atoms with Gasteiger partial charge in [0.2, 0.25) is 0 Å². The first-order valence-corrected chi connectivity index (χ1v) is 8.31. The van der Waals surface area contributed by atoms with E-state index in [1.54, 1.807) is 0 Å². The van der Waals surface area contributed by atoms with E-state index in [0.29, 0.717) is 0 Å². The molecule has 0 N–H and O–H groups in total. The lowest BCUT2D eigenvalue weighted by atomic mass is 9.96. The van der Waals surface area contributed by atoms with E-state index in [0.717, 1.165) is 11.1 Å². The normalized spacial score (nSPS) is 15.5. The maximum absolute atomic E-state index is 12.0. The molecular formula is C21H22O4. The van der Waals surface area contributed by atoms with Crippen molar-refractivity contribution < 1.29 is 19.1 Å². The summed E-state index contributed by atoms with van der Waals surface area (Å²) in [7, 11) is 0. The standard InChI is InChI=1S/C19H16O4.C2H6/c1-14-17(20)22-19(23-18(14)21,12-15-8-4-2-5-9-15)13-16-10-6-3-7-11-16;1-2/h2-11H,1,12-13H2;1-2H3. The summed E-state index contributed by atoms with van der Waals surface area (Å²) in [6, 6.07) is 18.9. The summed E-state index contributed by atoms with van der Waals surface area (Å²) in [4.78, 5) is 24.0. The molecule has 0 radical (unpaired) electrons. The van der Waals surface area contributed by atoms with Gasteiger partial charge in [0.25, 0.3) is 5.79 Å². The van der Waals surface area contributed by atoms with Gasteiger partial charge in [-0.25, -0.2) is 9.59 Å². The first-order chi connectivity index (χ1) is 12.1. The molecule has 1 fully saturated rings. The molecule has 0 aliphatic carbocycles. The molecule has 4 heteroatoms. The summed E-state index contributed by atoms with van der Waals surface area (Å²) < 4.78 is 11.0. The number of esters is 2. The van der Waals surface area contributed by atoms with E-state index in [1.807, 2.05) is 74.5 Å². The van der Waals surface area contributed by atoms with Crippen LogP contribution in [0.2, 0.25) is 0 Å². The highest BCUT2D eigenvalue weighted by Gasteiger charge is 2.45. The van der Waals surface area contributed by atoms with Crippen LogP contribution in [0.4, 0.5) is 0 Å². The molecule has 130 valence electrons. The Balaban J connectivity index is 0.00000109. The maximum atomic E-state index is 12.0. The molecular weight excluding hydrogens is 316 g/mol. The van der Waals surface area contributed by atoms with E-state index < -0.39 is 17.7 Å². The zero-order valence-electron chi connectivity index (χ0n) is 14.5. The Morgan fingerprint density at radius 2 is 1.12 bits per heavy atom. The number of carbonyl (C=O) groups excluding carboxylic acids is 2. The van der Waals surface area contributed by atoms with Crippen molar-refractivity contribution in [1.29, 1.82) is 0 Å². The predicted octanol–water partition coefficient (Wildman–Crippen LogP) is 3.85. The molecule has 25 heavy (non-hydrogen) atoms. The molecule has 1 saturated heterocycles. The summed E-state index contributed by atoms with van der Waals surface area (Å²) in [5, 5.41) is 0. The van der Waals surface area contributed by atoms with Crippen LogP contribution in [0.1, 0.15) is 25.0 Å². The van der Waals surface area contributed by atoms with Gasteiger partial charge < -0.3 is 9.47 Å². The van der Waals surface area contributed by atoms with Crippen LogP contribution in [-0.2, 0) is 31.9 Å². The molecule has 0 spiro atoms. The van der Waals surface area contributed by atoms with Gasteiger partial charge in [-0.3, -0.25) is 0 Å². The largest absolute Gasteiger partial charge is 0.418 e. The Morgan fingerprint density at radius 3 is 1.48 bits per heavy atom. The van der Waals surface area contributed by atoms with Crippen LogP contribution in [0.25, 0.3) is 0 Å². The van der Waals surface area contributed by atoms with Crippen LogP contribution in [-0.4, -0.2) is 17.7 Å². The van der Waals surface area contributed by atoms with E-state index in [9.17, 15) is 9.59 Å². The predicted molar refractivity (Wildman–Crippen MR) is 95.7 cm³/mol. The SMILES string of the molecule is C=C1C(=O)OC(Cc2ccccc2)(Cc2ccccc2)OC1=O.CC. The minimum Gasteiger partial charge on any atom is -0.418 e. The molecule has 2 aromatic rings. The molecule has 0 unspecified atom stereocenters. The molecule has 0 aromatic heterocycles. The van der Waals surface area contributed by atoms with Crippen LogP contribution in [0.5, 0.6) is 0 Å². The van der Waals surface area contributed by atoms with Gasteiger partial charge in [-0.15, -0.1) is 0 Å². The second-order valence-corrected chi connectivity index (χ2v) is 5.49. The lowest BCUT2D eigenvalue weighted by Gasteiger charge is -2.36. The molecule has 0 amide bonds. The highest BCUT2D eigenvalue weighted by molar-refractivity contribution is 6.14. The number of benzene rings is 2. The summed E-state index contributed by atoms with van der Waals surface area (Å²) in [5.41, 5.74) is 1.55. The zero-order chi connectivity index (χ0) is 18.3. The second kappa shape index (κ2) is 8.29. The van der Waals surface area contributed by atoms with Gasteiger partial charge in [0.15, 0.2) is 0 Å². The summed E-state index contributed by atoms with van der Waals surface area (Å²) in [6.07, 6.45) is 0.570. The van der Waals surface area contributed by atoms with Crippen molar-refractivity contribution >= 4 is 11.9 Å². The van der Waals surface area contributed by atoms with Gasteiger partial charge in [0.05, 0.1) is 12.8 Å². The zero-order valence-corrected chi connectivity index (χ0v) is 14.5. The monoisotopic (exact) mass is 338 g/mol. The molecule has 1 heterocycles. The number of rotatable bonds is 4. The summed E-state index contributed by atoms with van der Waals surface area (Å²) >= 11 is 0.